The number of carbonyl (C=O) groups is 2. The molecule has 1 amide bonds. The fourth-order valence-electron chi connectivity index (χ4n) is 1.70. The maximum Gasteiger partial charge on any atom is 0.326 e. The van der Waals surface area contributed by atoms with Crippen LogP contribution in [0.3, 0.4) is 0 Å². The van der Waals surface area contributed by atoms with Gasteiger partial charge in [-0.05, 0) is 19.9 Å². The van der Waals surface area contributed by atoms with Crippen molar-refractivity contribution in [2.75, 3.05) is 6.54 Å². The summed E-state index contributed by atoms with van der Waals surface area (Å²) in [4.78, 5) is 31.1. The first-order valence-electron chi connectivity index (χ1n) is 5.73. The molecule has 1 aromatic rings. The molecule has 0 unspecified atom stereocenters. The fourth-order valence-corrected chi connectivity index (χ4v) is 1.70. The zero-order chi connectivity index (χ0) is 13.5. The number of rotatable bonds is 6. The average Bonchev–Trinajstić information content (AvgIpc) is 2.81. The quantitative estimate of drug-likeness (QED) is 0.733. The summed E-state index contributed by atoms with van der Waals surface area (Å²) in [7, 11) is 0. The number of aliphatic carboxylic acids is 1. The summed E-state index contributed by atoms with van der Waals surface area (Å²) in [6.45, 7) is 3.81. The van der Waals surface area contributed by atoms with Crippen LogP contribution in [0.25, 0.3) is 0 Å². The Balaban J connectivity index is 2.88. The lowest BCUT2D eigenvalue weighted by molar-refractivity contribution is -0.148. The van der Waals surface area contributed by atoms with Crippen LogP contribution in [-0.2, 0) is 16.0 Å². The number of aromatic nitrogens is 2. The van der Waals surface area contributed by atoms with Crippen LogP contribution < -0.4 is 0 Å². The average molecular weight is 251 g/mol. The minimum absolute atomic E-state index is 0.215. The normalized spacial score (nSPS) is 12.6. The number of hydrogen-bond donors (Lipinski definition) is 2. The van der Waals surface area contributed by atoms with E-state index in [-0.39, 0.29) is 12.3 Å². The van der Waals surface area contributed by atoms with Gasteiger partial charge in [-0.25, -0.2) is 9.78 Å². The van der Waals surface area contributed by atoms with Crippen LogP contribution >= 0.6 is 0 Å². The molecule has 0 saturated carbocycles. The van der Waals surface area contributed by atoms with E-state index in [0.29, 0.717) is 12.2 Å². The third-order valence-electron chi connectivity index (χ3n) is 2.56. The maximum absolute atomic E-state index is 11.8. The summed E-state index contributed by atoms with van der Waals surface area (Å²) in [5, 5.41) is 9.24. The Morgan fingerprint density at radius 3 is 2.78 bits per heavy atom. The van der Waals surface area contributed by atoms with Gasteiger partial charge >= 0.3 is 5.97 Å². The molecule has 1 atom stereocenters. The molecular weight excluding hydrogens is 234 g/mol. The van der Waals surface area contributed by atoms with E-state index in [1.54, 1.807) is 26.1 Å². The molecule has 0 aliphatic carbocycles. The molecule has 0 spiro atoms. The van der Waals surface area contributed by atoms with E-state index in [1.807, 2.05) is 0 Å². The largest absolute Gasteiger partial charge is 0.480 e. The van der Waals surface area contributed by atoms with Crippen LogP contribution in [0.15, 0.2) is 24.7 Å². The molecule has 6 heteroatoms. The molecule has 0 aromatic carbocycles. The minimum Gasteiger partial charge on any atom is -0.480 e. The maximum atomic E-state index is 11.8. The van der Waals surface area contributed by atoms with E-state index in [1.165, 1.54) is 17.3 Å². The van der Waals surface area contributed by atoms with Gasteiger partial charge in [0, 0.05) is 24.9 Å². The molecule has 98 valence electrons. The van der Waals surface area contributed by atoms with Gasteiger partial charge in [-0.2, -0.15) is 0 Å². The van der Waals surface area contributed by atoms with Gasteiger partial charge in [0.25, 0.3) is 0 Å². The second kappa shape index (κ2) is 6.58. The highest BCUT2D eigenvalue weighted by Gasteiger charge is 2.27. The number of allylic oxidation sites excluding steroid dienone is 1. The molecular formula is C12H17N3O3. The minimum atomic E-state index is -1.02. The van der Waals surface area contributed by atoms with E-state index >= 15 is 0 Å². The number of aromatic amines is 1. The van der Waals surface area contributed by atoms with E-state index in [9.17, 15) is 14.7 Å². The van der Waals surface area contributed by atoms with Gasteiger partial charge in [-0.15, -0.1) is 0 Å². The smallest absolute Gasteiger partial charge is 0.326 e. The lowest BCUT2D eigenvalue weighted by Gasteiger charge is -2.26. The number of carbonyl (C=O) groups excluding carboxylic acids is 1. The van der Waals surface area contributed by atoms with Crippen LogP contribution in [0.1, 0.15) is 19.5 Å². The van der Waals surface area contributed by atoms with Crippen molar-refractivity contribution in [2.45, 2.75) is 26.3 Å². The molecule has 0 aliphatic heterocycles. The van der Waals surface area contributed by atoms with Crippen molar-refractivity contribution in [3.8, 4) is 0 Å². The van der Waals surface area contributed by atoms with Gasteiger partial charge in [0.2, 0.25) is 5.91 Å². The first-order chi connectivity index (χ1) is 8.60. The van der Waals surface area contributed by atoms with Crippen LogP contribution in [-0.4, -0.2) is 44.4 Å². The number of hydrogen-bond acceptors (Lipinski definition) is 3. The molecule has 1 aromatic heterocycles. The fraction of sp³-hybridized carbons (Fsp3) is 0.417. The van der Waals surface area contributed by atoms with Crippen molar-refractivity contribution in [3.63, 3.8) is 0 Å². The first-order valence-corrected chi connectivity index (χ1v) is 5.73. The Hall–Kier alpha value is -2.11. The van der Waals surface area contributed by atoms with E-state index in [4.69, 9.17) is 0 Å². The number of H-pyrrole nitrogens is 1. The Morgan fingerprint density at radius 1 is 1.61 bits per heavy atom. The van der Waals surface area contributed by atoms with Gasteiger partial charge < -0.3 is 15.0 Å². The number of carboxylic acid groups (broad SMARTS) is 1. The monoisotopic (exact) mass is 251 g/mol. The molecule has 0 radical (unpaired) electrons. The Kier molecular flexibility index (Phi) is 5.10. The second-order valence-electron chi connectivity index (χ2n) is 3.76. The van der Waals surface area contributed by atoms with Crippen molar-refractivity contribution in [1.82, 2.24) is 14.9 Å². The zero-order valence-corrected chi connectivity index (χ0v) is 10.5. The van der Waals surface area contributed by atoms with E-state index < -0.39 is 12.0 Å². The number of carboxylic acids is 1. The second-order valence-corrected chi connectivity index (χ2v) is 3.76. The number of amides is 1. The van der Waals surface area contributed by atoms with Gasteiger partial charge in [-0.3, -0.25) is 4.79 Å². The summed E-state index contributed by atoms with van der Waals surface area (Å²) >= 11 is 0. The summed E-state index contributed by atoms with van der Waals surface area (Å²) in [6.07, 6.45) is 6.22. The van der Waals surface area contributed by atoms with Crippen molar-refractivity contribution >= 4 is 11.9 Å². The molecule has 1 heterocycles. The summed E-state index contributed by atoms with van der Waals surface area (Å²) in [5.41, 5.74) is 0.689. The van der Waals surface area contributed by atoms with Gasteiger partial charge in [0.05, 0.1) is 6.33 Å². The van der Waals surface area contributed by atoms with Crippen LogP contribution in [0, 0.1) is 0 Å². The summed E-state index contributed by atoms with van der Waals surface area (Å²) < 4.78 is 0. The third kappa shape index (κ3) is 3.44. The van der Waals surface area contributed by atoms with Crippen molar-refractivity contribution in [2.24, 2.45) is 0 Å². The Bertz CT molecular complexity index is 426. The number of nitrogens with one attached hydrogen (secondary N) is 1. The van der Waals surface area contributed by atoms with Crippen molar-refractivity contribution in [1.29, 1.82) is 0 Å². The highest BCUT2D eigenvalue weighted by molar-refractivity contribution is 5.91. The summed E-state index contributed by atoms with van der Waals surface area (Å²) in [6, 6.07) is -0.890. The molecule has 0 bridgehead atoms. The number of nitrogens with zero attached hydrogens (tertiary/aromatic N) is 2. The highest BCUT2D eigenvalue weighted by Crippen LogP contribution is 2.08. The molecule has 6 nitrogen and oxygen atoms in total. The molecule has 0 saturated heterocycles. The molecule has 2 N–H and O–H groups in total. The van der Waals surface area contributed by atoms with Gasteiger partial charge in [0.1, 0.15) is 6.04 Å². The highest BCUT2D eigenvalue weighted by atomic mass is 16.4. The Labute approximate surface area is 105 Å². The topological polar surface area (TPSA) is 86.3 Å². The Morgan fingerprint density at radius 2 is 2.33 bits per heavy atom. The lowest BCUT2D eigenvalue weighted by Crippen LogP contribution is -2.45. The van der Waals surface area contributed by atoms with Crippen LogP contribution in [0.4, 0.5) is 0 Å². The first kappa shape index (κ1) is 14.0. The van der Waals surface area contributed by atoms with Crippen molar-refractivity contribution in [3.05, 3.63) is 30.4 Å². The van der Waals surface area contributed by atoms with Gasteiger partial charge in [0.15, 0.2) is 0 Å². The van der Waals surface area contributed by atoms with E-state index in [2.05, 4.69) is 9.97 Å². The van der Waals surface area contributed by atoms with Crippen molar-refractivity contribution < 1.29 is 14.7 Å². The lowest BCUT2D eigenvalue weighted by atomic mass is 10.1. The predicted molar refractivity (Wildman–Crippen MR) is 65.9 cm³/mol. The molecule has 0 fully saturated rings. The number of likely N-dealkylation sites (N-methyl/N-ethyl adjacent to an activating group) is 1. The van der Waals surface area contributed by atoms with Crippen LogP contribution in [0.5, 0.6) is 0 Å². The molecule has 18 heavy (non-hydrogen) atoms. The third-order valence-corrected chi connectivity index (χ3v) is 2.56. The summed E-state index contributed by atoms with van der Waals surface area (Å²) in [5.74, 6) is -1.32. The van der Waals surface area contributed by atoms with E-state index in [0.717, 1.165) is 0 Å². The number of imidazole rings is 1. The zero-order valence-electron chi connectivity index (χ0n) is 10.5. The standard InChI is InChI=1S/C12H17N3O3/c1-3-5-11(16)15(4-2)10(12(17)18)6-9-7-13-8-14-9/h3,5,7-8,10H,4,6H2,1-2H3,(H,13,14)(H,17,18)/t10-/m0/s1. The molecule has 0 aliphatic rings. The van der Waals surface area contributed by atoms with Crippen LogP contribution in [0.2, 0.25) is 0 Å². The SMILES string of the molecule is CC=CC(=O)N(CC)[C@@H](Cc1cnc[nH]1)C(=O)O. The predicted octanol–water partition coefficient (Wildman–Crippen LogP) is 0.830. The molecule has 1 rings (SSSR count). The van der Waals surface area contributed by atoms with Gasteiger partial charge in [-0.1, -0.05) is 6.08 Å².